The molecule has 1 N–H and O–H groups in total. The van der Waals surface area contributed by atoms with Crippen molar-refractivity contribution in [2.75, 3.05) is 6.61 Å². The van der Waals surface area contributed by atoms with Crippen LogP contribution in [0.5, 0.6) is 0 Å². The predicted molar refractivity (Wildman–Crippen MR) is 57.8 cm³/mol. The summed E-state index contributed by atoms with van der Waals surface area (Å²) < 4.78 is 0. The summed E-state index contributed by atoms with van der Waals surface area (Å²) in [6.45, 7) is 4.65. The zero-order valence-electron chi connectivity index (χ0n) is 8.29. The van der Waals surface area contributed by atoms with E-state index < -0.39 is 0 Å². The highest BCUT2D eigenvalue weighted by Crippen LogP contribution is 2.20. The van der Waals surface area contributed by atoms with Gasteiger partial charge in [-0.1, -0.05) is 39.5 Å². The quantitative estimate of drug-likeness (QED) is 0.591. The Morgan fingerprint density at radius 1 is 1.33 bits per heavy atom. The lowest BCUT2D eigenvalue weighted by Gasteiger charge is -2.17. The summed E-state index contributed by atoms with van der Waals surface area (Å²) in [7, 11) is 0. The fraction of sp³-hybridized carbons (Fsp3) is 1.00. The first kappa shape index (κ1) is 12.3. The van der Waals surface area contributed by atoms with Crippen molar-refractivity contribution < 1.29 is 5.11 Å². The van der Waals surface area contributed by atoms with E-state index in [1.165, 1.54) is 25.7 Å². The molecule has 0 saturated carbocycles. The van der Waals surface area contributed by atoms with E-state index >= 15 is 0 Å². The van der Waals surface area contributed by atoms with Crippen molar-refractivity contribution in [1.82, 2.24) is 0 Å². The molecule has 2 heteroatoms. The smallest absolute Gasteiger partial charge is 0.0547 e. The summed E-state index contributed by atoms with van der Waals surface area (Å²) in [5, 5.41) is 9.02. The fourth-order valence-corrected chi connectivity index (χ4v) is 1.74. The SMILES string of the molecule is CCCCC(CC)CC(S)CO. The Bertz CT molecular complexity index is 95.8. The van der Waals surface area contributed by atoms with Crippen LogP contribution in [0.1, 0.15) is 46.0 Å². The monoisotopic (exact) mass is 190 g/mol. The van der Waals surface area contributed by atoms with Gasteiger partial charge in [0.25, 0.3) is 0 Å². The number of aliphatic hydroxyl groups is 1. The molecule has 0 aliphatic heterocycles. The van der Waals surface area contributed by atoms with Crippen LogP contribution >= 0.6 is 12.6 Å². The van der Waals surface area contributed by atoms with Gasteiger partial charge in [-0.2, -0.15) is 12.6 Å². The Kier molecular flexibility index (Phi) is 8.14. The van der Waals surface area contributed by atoms with Crippen molar-refractivity contribution >= 4 is 12.6 Å². The summed E-state index contributed by atoms with van der Waals surface area (Å²) in [4.78, 5) is 0. The summed E-state index contributed by atoms with van der Waals surface area (Å²) in [6, 6.07) is 0. The minimum Gasteiger partial charge on any atom is -0.395 e. The van der Waals surface area contributed by atoms with E-state index in [1.54, 1.807) is 0 Å². The number of aliphatic hydroxyl groups excluding tert-OH is 1. The van der Waals surface area contributed by atoms with Crippen LogP contribution in [-0.2, 0) is 0 Å². The molecule has 0 aromatic heterocycles. The first-order valence-electron chi connectivity index (χ1n) is 5.03. The molecule has 0 fully saturated rings. The first-order valence-corrected chi connectivity index (χ1v) is 5.55. The topological polar surface area (TPSA) is 20.2 Å². The molecule has 2 atom stereocenters. The molecule has 0 aliphatic rings. The largest absolute Gasteiger partial charge is 0.395 e. The van der Waals surface area contributed by atoms with Crippen molar-refractivity contribution in [1.29, 1.82) is 0 Å². The summed E-state index contributed by atoms with van der Waals surface area (Å²) in [5.74, 6) is 0.764. The van der Waals surface area contributed by atoms with Gasteiger partial charge in [0.05, 0.1) is 6.61 Å². The summed E-state index contributed by atoms with van der Waals surface area (Å²) in [5.41, 5.74) is 0. The molecule has 1 nitrogen and oxygen atoms in total. The molecule has 0 radical (unpaired) electrons. The second kappa shape index (κ2) is 7.93. The Morgan fingerprint density at radius 2 is 2.00 bits per heavy atom. The molecule has 0 heterocycles. The molecule has 0 bridgehead atoms. The highest BCUT2D eigenvalue weighted by atomic mass is 32.1. The minimum atomic E-state index is 0.187. The van der Waals surface area contributed by atoms with Gasteiger partial charge in [0.1, 0.15) is 0 Å². The van der Waals surface area contributed by atoms with Gasteiger partial charge in [0.15, 0.2) is 0 Å². The zero-order chi connectivity index (χ0) is 9.40. The van der Waals surface area contributed by atoms with Gasteiger partial charge in [-0.05, 0) is 12.3 Å². The molecule has 0 spiro atoms. The Morgan fingerprint density at radius 3 is 2.42 bits per heavy atom. The Labute approximate surface area is 82.0 Å². The molecule has 0 aromatic rings. The third-order valence-corrected chi connectivity index (χ3v) is 2.73. The van der Waals surface area contributed by atoms with Gasteiger partial charge in [-0.15, -0.1) is 0 Å². The lowest BCUT2D eigenvalue weighted by Crippen LogP contribution is -2.11. The minimum absolute atomic E-state index is 0.187. The molecule has 0 rings (SSSR count). The van der Waals surface area contributed by atoms with Gasteiger partial charge in [0, 0.05) is 5.25 Å². The van der Waals surface area contributed by atoms with E-state index in [1.807, 2.05) is 0 Å². The third kappa shape index (κ3) is 5.90. The molecule has 0 aromatic carbocycles. The molecule has 0 amide bonds. The van der Waals surface area contributed by atoms with Gasteiger partial charge < -0.3 is 5.11 Å². The molecule has 0 aliphatic carbocycles. The van der Waals surface area contributed by atoms with Crippen LogP contribution in [0.2, 0.25) is 0 Å². The summed E-state index contributed by atoms with van der Waals surface area (Å²) in [6.07, 6.45) is 6.16. The van der Waals surface area contributed by atoms with Crippen LogP contribution in [0, 0.1) is 5.92 Å². The lowest BCUT2D eigenvalue weighted by atomic mass is 9.94. The van der Waals surface area contributed by atoms with Crippen LogP contribution in [0.4, 0.5) is 0 Å². The highest BCUT2D eigenvalue weighted by molar-refractivity contribution is 7.81. The van der Waals surface area contributed by atoms with Gasteiger partial charge in [0.2, 0.25) is 0 Å². The molecular formula is C10H22OS. The fourth-order valence-electron chi connectivity index (χ4n) is 1.44. The number of hydrogen-bond donors (Lipinski definition) is 2. The van der Waals surface area contributed by atoms with E-state index in [4.69, 9.17) is 5.11 Å². The van der Waals surface area contributed by atoms with Crippen molar-refractivity contribution in [2.45, 2.75) is 51.2 Å². The number of thiol groups is 1. The van der Waals surface area contributed by atoms with Crippen molar-refractivity contribution in [3.8, 4) is 0 Å². The van der Waals surface area contributed by atoms with E-state index in [2.05, 4.69) is 26.5 Å². The van der Waals surface area contributed by atoms with Gasteiger partial charge in [-0.3, -0.25) is 0 Å². The second-order valence-electron chi connectivity index (χ2n) is 3.49. The number of rotatable bonds is 7. The van der Waals surface area contributed by atoms with Crippen LogP contribution in [-0.4, -0.2) is 17.0 Å². The third-order valence-electron chi connectivity index (χ3n) is 2.36. The molecular weight excluding hydrogens is 168 g/mol. The Hall–Kier alpha value is 0.310. The van der Waals surface area contributed by atoms with E-state index in [9.17, 15) is 0 Å². The average molecular weight is 190 g/mol. The van der Waals surface area contributed by atoms with Crippen molar-refractivity contribution in [3.63, 3.8) is 0 Å². The van der Waals surface area contributed by atoms with E-state index in [0.29, 0.717) is 0 Å². The number of unbranched alkanes of at least 4 members (excludes halogenated alkanes) is 1. The zero-order valence-corrected chi connectivity index (χ0v) is 9.19. The molecule has 2 unspecified atom stereocenters. The Balaban J connectivity index is 3.51. The normalized spacial score (nSPS) is 16.0. The number of hydrogen-bond acceptors (Lipinski definition) is 2. The maximum absolute atomic E-state index is 8.83. The molecule has 74 valence electrons. The lowest BCUT2D eigenvalue weighted by molar-refractivity contribution is 0.273. The van der Waals surface area contributed by atoms with Crippen molar-refractivity contribution in [3.05, 3.63) is 0 Å². The predicted octanol–water partition coefficient (Wildman–Crippen LogP) is 2.88. The second-order valence-corrected chi connectivity index (χ2v) is 4.22. The van der Waals surface area contributed by atoms with Gasteiger partial charge >= 0.3 is 0 Å². The van der Waals surface area contributed by atoms with Gasteiger partial charge in [-0.25, -0.2) is 0 Å². The highest BCUT2D eigenvalue weighted by Gasteiger charge is 2.10. The average Bonchev–Trinajstić information content (AvgIpc) is 2.11. The summed E-state index contributed by atoms with van der Waals surface area (Å²) >= 11 is 4.30. The maximum atomic E-state index is 8.83. The van der Waals surface area contributed by atoms with Crippen LogP contribution in [0.3, 0.4) is 0 Å². The van der Waals surface area contributed by atoms with Crippen LogP contribution in [0.25, 0.3) is 0 Å². The molecule has 12 heavy (non-hydrogen) atoms. The maximum Gasteiger partial charge on any atom is 0.0547 e. The van der Waals surface area contributed by atoms with Crippen LogP contribution in [0.15, 0.2) is 0 Å². The van der Waals surface area contributed by atoms with E-state index in [0.717, 1.165) is 12.3 Å². The first-order chi connectivity index (χ1) is 5.74. The molecule has 0 saturated heterocycles. The van der Waals surface area contributed by atoms with Crippen LogP contribution < -0.4 is 0 Å². The standard InChI is InChI=1S/C10H22OS/c1-3-5-6-9(4-2)7-10(12)8-11/h9-12H,3-8H2,1-2H3. The van der Waals surface area contributed by atoms with E-state index in [-0.39, 0.29) is 11.9 Å². The van der Waals surface area contributed by atoms with Crippen molar-refractivity contribution in [2.24, 2.45) is 5.92 Å².